The van der Waals surface area contributed by atoms with E-state index < -0.39 is 39.7 Å². The van der Waals surface area contributed by atoms with Crippen molar-refractivity contribution < 1.29 is 28.3 Å². The molecule has 4 saturated carbocycles. The van der Waals surface area contributed by atoms with E-state index >= 15 is 0 Å². The highest BCUT2D eigenvalue weighted by Gasteiger charge is 2.75. The van der Waals surface area contributed by atoms with Crippen molar-refractivity contribution in [2.75, 3.05) is 6.61 Å². The van der Waals surface area contributed by atoms with Gasteiger partial charge in [0, 0.05) is 11.5 Å². The van der Waals surface area contributed by atoms with Crippen molar-refractivity contribution in [2.45, 2.75) is 155 Å². The van der Waals surface area contributed by atoms with Crippen molar-refractivity contribution in [3.63, 3.8) is 0 Å². The zero-order valence-electron chi connectivity index (χ0n) is 35.1. The van der Waals surface area contributed by atoms with Gasteiger partial charge < -0.3 is 24.2 Å². The van der Waals surface area contributed by atoms with Crippen molar-refractivity contribution in [2.24, 2.45) is 34.5 Å². The number of fused-ring (bicyclic) bond motifs is 5. The molecular formula is C45H68N2O5Si2. The number of ether oxygens (including phenoxy) is 1. The Morgan fingerprint density at radius 2 is 1.43 bits per heavy atom. The molecule has 4 aliphatic carbocycles. The summed E-state index contributed by atoms with van der Waals surface area (Å²) in [4.78, 5) is 17.0. The molecule has 54 heavy (non-hydrogen) atoms. The lowest BCUT2D eigenvalue weighted by Crippen LogP contribution is -2.68. The van der Waals surface area contributed by atoms with Crippen LogP contribution in [0.15, 0.2) is 60.7 Å². The van der Waals surface area contributed by atoms with Gasteiger partial charge in [-0.1, -0.05) is 116 Å². The molecule has 0 spiro atoms. The second-order valence-electron chi connectivity index (χ2n) is 20.3. The fourth-order valence-electron chi connectivity index (χ4n) is 11.8. The van der Waals surface area contributed by atoms with Crippen LogP contribution in [0.2, 0.25) is 23.2 Å². The number of esters is 1. The van der Waals surface area contributed by atoms with Crippen LogP contribution >= 0.6 is 0 Å². The van der Waals surface area contributed by atoms with Gasteiger partial charge in [-0.3, -0.25) is 0 Å². The first-order chi connectivity index (χ1) is 25.2. The van der Waals surface area contributed by atoms with E-state index in [4.69, 9.17) is 13.6 Å². The molecule has 296 valence electrons. The first kappa shape index (κ1) is 41.2. The predicted molar refractivity (Wildman–Crippen MR) is 222 cm³/mol. The lowest BCUT2D eigenvalue weighted by molar-refractivity contribution is -0.167. The SMILES string of the molecule is CCOC(=O)C(=[N+]=[N-])[C@@]1(O)[C@H](O[Si](C)(C)C(C)(C)C)C[C@H]2[C@@H]3CC[C@H]4C[C@@H](O[Si](c5ccccc5)(c5ccccc5)C(C)(C)C)CC[C@]4(C)[C@H]3CC[C@@]21C. The minimum absolute atomic E-state index is 0.0650. The Labute approximate surface area is 327 Å². The molecule has 9 heteroatoms. The summed E-state index contributed by atoms with van der Waals surface area (Å²) in [5.41, 5.74) is 7.82. The molecule has 1 N–H and O–H groups in total. The summed E-state index contributed by atoms with van der Waals surface area (Å²) in [7, 11) is -5.08. The number of benzene rings is 2. The van der Waals surface area contributed by atoms with Gasteiger partial charge in [-0.2, -0.15) is 4.79 Å². The van der Waals surface area contributed by atoms with Crippen LogP contribution in [0.25, 0.3) is 5.53 Å². The maximum Gasteiger partial charge on any atom is 0.420 e. The minimum atomic E-state index is -2.67. The summed E-state index contributed by atoms with van der Waals surface area (Å²) in [6.07, 6.45) is 7.27. The van der Waals surface area contributed by atoms with E-state index in [0.717, 1.165) is 44.9 Å². The number of carbonyl (C=O) groups excluding carboxylic acids is 1. The molecule has 0 saturated heterocycles. The fraction of sp³-hybridized carbons (Fsp3) is 0.689. The number of aliphatic hydroxyl groups is 1. The smallest absolute Gasteiger partial charge is 0.420 e. The number of hydrogen-bond acceptors (Lipinski definition) is 5. The largest absolute Gasteiger partial charge is 0.457 e. The second kappa shape index (κ2) is 14.5. The van der Waals surface area contributed by atoms with Crippen LogP contribution in [0.4, 0.5) is 0 Å². The first-order valence-electron chi connectivity index (χ1n) is 20.8. The lowest BCUT2D eigenvalue weighted by Gasteiger charge is -2.61. The van der Waals surface area contributed by atoms with Gasteiger partial charge in [0.1, 0.15) is 0 Å². The zero-order chi connectivity index (χ0) is 39.5. The maximum atomic E-state index is 13.5. The van der Waals surface area contributed by atoms with Crippen LogP contribution in [0.5, 0.6) is 0 Å². The normalized spacial score (nSPS) is 34.2. The average molecular weight is 773 g/mol. The van der Waals surface area contributed by atoms with Gasteiger partial charge in [-0.15, -0.1) is 0 Å². The second-order valence-corrected chi connectivity index (χ2v) is 29.3. The Kier molecular flexibility index (Phi) is 11.1. The first-order valence-corrected chi connectivity index (χ1v) is 25.6. The standard InChI is InChI=1S/C45H68N2O5Si2/c1-12-50-40(48)39(47-46)45(49)38(52-53(10,11)41(2,3)4)30-37-35-24-23-31-29-32(25-27-43(31,8)36(35)26-28-44(37,45)9)51-54(42(5,6)7,33-19-15-13-16-20-33)34-21-17-14-18-22-34/h13-22,31-32,35-38,49H,12,23-30H2,1-11H3/t31-,32-,35+,36-,37-,38+,43-,44-,45-/m0/s1. The molecule has 0 aliphatic heterocycles. The highest BCUT2D eigenvalue weighted by atomic mass is 28.4. The third kappa shape index (κ3) is 6.47. The molecule has 4 fully saturated rings. The summed E-state index contributed by atoms with van der Waals surface area (Å²) in [5.74, 6) is 0.780. The van der Waals surface area contributed by atoms with E-state index in [1.54, 1.807) is 6.92 Å². The van der Waals surface area contributed by atoms with Crippen molar-refractivity contribution in [1.29, 1.82) is 0 Å². The molecule has 0 aromatic heterocycles. The molecule has 2 aromatic rings. The molecule has 0 bridgehead atoms. The Morgan fingerprint density at radius 1 is 0.833 bits per heavy atom. The number of rotatable bonds is 9. The van der Waals surface area contributed by atoms with E-state index in [2.05, 4.69) is 134 Å². The molecule has 0 radical (unpaired) electrons. The highest BCUT2D eigenvalue weighted by molar-refractivity contribution is 6.99. The van der Waals surface area contributed by atoms with E-state index in [1.165, 1.54) is 10.4 Å². The van der Waals surface area contributed by atoms with Gasteiger partial charge in [0.25, 0.3) is 8.32 Å². The Hall–Kier alpha value is -2.40. The molecule has 0 heterocycles. The van der Waals surface area contributed by atoms with Crippen molar-refractivity contribution in [1.82, 2.24) is 0 Å². The fourth-order valence-corrected chi connectivity index (χ4v) is 17.9. The molecule has 0 amide bonds. The Morgan fingerprint density at radius 3 is 1.94 bits per heavy atom. The monoisotopic (exact) mass is 772 g/mol. The Bertz CT molecular complexity index is 1680. The van der Waals surface area contributed by atoms with Gasteiger partial charge in [0.15, 0.2) is 8.32 Å². The summed E-state index contributed by atoms with van der Waals surface area (Å²) in [6, 6.07) is 22.1. The molecule has 7 nitrogen and oxygen atoms in total. The summed E-state index contributed by atoms with van der Waals surface area (Å²) in [6.45, 7) is 24.6. The summed E-state index contributed by atoms with van der Waals surface area (Å²) >= 11 is 0. The third-order valence-electron chi connectivity index (χ3n) is 15.7. The highest BCUT2D eigenvalue weighted by Crippen LogP contribution is 2.69. The van der Waals surface area contributed by atoms with E-state index in [-0.39, 0.29) is 39.8 Å². The third-order valence-corrected chi connectivity index (χ3v) is 25.3. The van der Waals surface area contributed by atoms with Crippen molar-refractivity contribution in [3.8, 4) is 0 Å². The van der Waals surface area contributed by atoms with Gasteiger partial charge in [-0.05, 0) is 121 Å². The molecule has 4 aliphatic rings. The van der Waals surface area contributed by atoms with Crippen molar-refractivity contribution in [3.05, 3.63) is 66.2 Å². The van der Waals surface area contributed by atoms with Gasteiger partial charge in [0.05, 0.1) is 12.7 Å². The van der Waals surface area contributed by atoms with E-state index in [0.29, 0.717) is 24.2 Å². The lowest BCUT2D eigenvalue weighted by atomic mass is 9.44. The van der Waals surface area contributed by atoms with Gasteiger partial charge >= 0.3 is 11.7 Å². The number of hydrogen-bond donors (Lipinski definition) is 1. The molecular weight excluding hydrogens is 705 g/mol. The molecule has 0 unspecified atom stereocenters. The summed E-state index contributed by atoms with van der Waals surface area (Å²) in [5, 5.41) is 15.6. The van der Waals surface area contributed by atoms with Crippen LogP contribution in [0, 0.1) is 34.5 Å². The summed E-state index contributed by atoms with van der Waals surface area (Å²) < 4.78 is 20.3. The zero-order valence-corrected chi connectivity index (χ0v) is 37.1. The molecule has 9 atom stereocenters. The topological polar surface area (TPSA) is 101 Å². The number of carbonyl (C=O) groups is 1. The molecule has 2 aromatic carbocycles. The van der Waals surface area contributed by atoms with E-state index in [9.17, 15) is 15.4 Å². The predicted octanol–water partition coefficient (Wildman–Crippen LogP) is 8.94. The van der Waals surface area contributed by atoms with E-state index in [1.807, 2.05) is 0 Å². The van der Waals surface area contributed by atoms with Crippen LogP contribution < -0.4 is 10.4 Å². The minimum Gasteiger partial charge on any atom is -0.457 e. The average Bonchev–Trinajstić information content (AvgIpc) is 3.33. The van der Waals surface area contributed by atoms with Gasteiger partial charge in [0.2, 0.25) is 5.60 Å². The van der Waals surface area contributed by atoms with Crippen molar-refractivity contribution >= 4 is 38.7 Å². The van der Waals surface area contributed by atoms with Crippen LogP contribution in [0.1, 0.15) is 114 Å². The number of nitrogens with zero attached hydrogens (tertiary/aromatic N) is 2. The van der Waals surface area contributed by atoms with Crippen LogP contribution in [0.3, 0.4) is 0 Å². The van der Waals surface area contributed by atoms with Gasteiger partial charge in [-0.25, -0.2) is 4.79 Å². The van der Waals surface area contributed by atoms with Crippen LogP contribution in [-0.4, -0.2) is 62.6 Å². The Balaban J connectivity index is 1.31. The quantitative estimate of drug-likeness (QED) is 0.0902. The molecule has 6 rings (SSSR count). The van der Waals surface area contributed by atoms with Crippen LogP contribution in [-0.2, 0) is 18.4 Å². The maximum absolute atomic E-state index is 13.5.